The average molecular weight is 296 g/mol. The minimum absolute atomic E-state index is 0.338. The summed E-state index contributed by atoms with van der Waals surface area (Å²) in [6.07, 6.45) is 0.779. The number of esters is 1. The van der Waals surface area contributed by atoms with E-state index in [-0.39, 0.29) is 5.97 Å². The molecule has 0 bridgehead atoms. The van der Waals surface area contributed by atoms with Crippen molar-refractivity contribution in [3.8, 4) is 11.3 Å². The molecule has 5 heteroatoms. The van der Waals surface area contributed by atoms with Gasteiger partial charge in [-0.15, -0.1) is 11.3 Å². The van der Waals surface area contributed by atoms with Gasteiger partial charge in [-0.25, -0.2) is 9.78 Å². The van der Waals surface area contributed by atoms with Crippen molar-refractivity contribution >= 4 is 28.9 Å². The highest BCUT2D eigenvalue weighted by atomic mass is 35.5. The van der Waals surface area contributed by atoms with Crippen LogP contribution in [0.2, 0.25) is 5.02 Å². The average Bonchev–Trinajstić information content (AvgIpc) is 2.83. The molecule has 0 aliphatic rings. The molecule has 1 heterocycles. The molecule has 0 amide bonds. The lowest BCUT2D eigenvalue weighted by Gasteiger charge is -2.04. The van der Waals surface area contributed by atoms with Crippen molar-refractivity contribution in [2.24, 2.45) is 0 Å². The van der Waals surface area contributed by atoms with Crippen LogP contribution in [0.1, 0.15) is 28.5 Å². The molecule has 100 valence electrons. The van der Waals surface area contributed by atoms with E-state index in [1.807, 2.05) is 25.1 Å². The molecule has 0 atom stereocenters. The van der Waals surface area contributed by atoms with E-state index in [1.54, 1.807) is 13.0 Å². The van der Waals surface area contributed by atoms with Crippen LogP contribution in [0.3, 0.4) is 0 Å². The van der Waals surface area contributed by atoms with Crippen LogP contribution >= 0.6 is 22.9 Å². The van der Waals surface area contributed by atoms with Gasteiger partial charge in [-0.05, 0) is 19.4 Å². The number of aromatic nitrogens is 1. The Morgan fingerprint density at radius 3 is 2.74 bits per heavy atom. The van der Waals surface area contributed by atoms with Crippen LogP contribution in [-0.2, 0) is 11.2 Å². The number of nitrogens with zero attached hydrogens (tertiary/aromatic N) is 1. The molecule has 0 spiro atoms. The lowest BCUT2D eigenvalue weighted by Crippen LogP contribution is -2.04. The summed E-state index contributed by atoms with van der Waals surface area (Å²) < 4.78 is 5.08. The number of ether oxygens (including phenoxy) is 1. The molecule has 0 aliphatic carbocycles. The molecular formula is C14H14ClNO2S. The number of thiazole rings is 1. The van der Waals surface area contributed by atoms with Gasteiger partial charge >= 0.3 is 5.97 Å². The molecule has 1 aromatic carbocycles. The van der Waals surface area contributed by atoms with Gasteiger partial charge in [0.1, 0.15) is 4.88 Å². The van der Waals surface area contributed by atoms with E-state index >= 15 is 0 Å². The van der Waals surface area contributed by atoms with Gasteiger partial charge in [0.05, 0.1) is 22.3 Å². The van der Waals surface area contributed by atoms with E-state index in [1.165, 1.54) is 11.3 Å². The highest BCUT2D eigenvalue weighted by Gasteiger charge is 2.21. The van der Waals surface area contributed by atoms with Crippen molar-refractivity contribution in [3.05, 3.63) is 39.2 Å². The second-order valence-electron chi connectivity index (χ2n) is 3.84. The second kappa shape index (κ2) is 6.17. The molecular weight excluding hydrogens is 282 g/mol. The lowest BCUT2D eigenvalue weighted by atomic mass is 10.1. The summed E-state index contributed by atoms with van der Waals surface area (Å²) >= 11 is 7.54. The number of hydrogen-bond acceptors (Lipinski definition) is 4. The summed E-state index contributed by atoms with van der Waals surface area (Å²) in [6.45, 7) is 4.14. The SMILES string of the molecule is CCOC(=O)c1sc(CC)nc1-c1ccccc1Cl. The van der Waals surface area contributed by atoms with Crippen LogP contribution < -0.4 is 0 Å². The fourth-order valence-corrected chi connectivity index (χ4v) is 2.82. The molecule has 1 aromatic heterocycles. The lowest BCUT2D eigenvalue weighted by molar-refractivity contribution is 0.0532. The van der Waals surface area contributed by atoms with E-state index in [4.69, 9.17) is 16.3 Å². The zero-order valence-corrected chi connectivity index (χ0v) is 12.3. The van der Waals surface area contributed by atoms with E-state index in [2.05, 4.69) is 4.98 Å². The Labute approximate surface area is 121 Å². The minimum atomic E-state index is -0.338. The number of carbonyl (C=O) groups is 1. The van der Waals surface area contributed by atoms with Crippen LogP contribution in [0.4, 0.5) is 0 Å². The number of rotatable bonds is 4. The zero-order valence-electron chi connectivity index (χ0n) is 10.8. The first-order chi connectivity index (χ1) is 9.17. The predicted molar refractivity (Wildman–Crippen MR) is 77.9 cm³/mol. The van der Waals surface area contributed by atoms with E-state index < -0.39 is 0 Å². The summed E-state index contributed by atoms with van der Waals surface area (Å²) in [6, 6.07) is 7.38. The third-order valence-electron chi connectivity index (χ3n) is 2.56. The topological polar surface area (TPSA) is 39.2 Å². The van der Waals surface area contributed by atoms with Crippen LogP contribution in [0, 0.1) is 0 Å². The molecule has 19 heavy (non-hydrogen) atoms. The Hall–Kier alpha value is -1.39. The number of carbonyl (C=O) groups excluding carboxylic acids is 1. The van der Waals surface area contributed by atoms with Gasteiger partial charge in [0.2, 0.25) is 0 Å². The van der Waals surface area contributed by atoms with Crippen LogP contribution in [0.25, 0.3) is 11.3 Å². The fourth-order valence-electron chi connectivity index (χ4n) is 1.69. The van der Waals surface area contributed by atoms with Gasteiger partial charge < -0.3 is 4.74 Å². The highest BCUT2D eigenvalue weighted by Crippen LogP contribution is 2.33. The Bertz CT molecular complexity index is 595. The largest absolute Gasteiger partial charge is 0.462 e. The highest BCUT2D eigenvalue weighted by molar-refractivity contribution is 7.14. The Morgan fingerprint density at radius 1 is 1.37 bits per heavy atom. The molecule has 2 rings (SSSR count). The number of halogens is 1. The Morgan fingerprint density at radius 2 is 2.11 bits per heavy atom. The third-order valence-corrected chi connectivity index (χ3v) is 4.07. The first-order valence-electron chi connectivity index (χ1n) is 6.09. The molecule has 0 aliphatic heterocycles. The predicted octanol–water partition coefficient (Wildman–Crippen LogP) is 4.20. The smallest absolute Gasteiger partial charge is 0.350 e. The van der Waals surface area contributed by atoms with E-state index in [0.29, 0.717) is 22.2 Å². The number of aryl methyl sites for hydroxylation is 1. The Balaban J connectivity index is 2.53. The van der Waals surface area contributed by atoms with Crippen molar-refractivity contribution in [2.45, 2.75) is 20.3 Å². The second-order valence-corrected chi connectivity index (χ2v) is 5.33. The van der Waals surface area contributed by atoms with E-state index in [9.17, 15) is 4.79 Å². The monoisotopic (exact) mass is 295 g/mol. The normalized spacial score (nSPS) is 10.5. The quantitative estimate of drug-likeness (QED) is 0.794. The molecule has 0 saturated carbocycles. The number of hydrogen-bond donors (Lipinski definition) is 0. The van der Waals surface area contributed by atoms with Crippen LogP contribution in [0.15, 0.2) is 24.3 Å². The van der Waals surface area contributed by atoms with E-state index in [0.717, 1.165) is 17.0 Å². The summed E-state index contributed by atoms with van der Waals surface area (Å²) in [5.41, 5.74) is 1.38. The van der Waals surface area contributed by atoms with Gasteiger partial charge in [-0.1, -0.05) is 36.7 Å². The summed E-state index contributed by atoms with van der Waals surface area (Å²) in [5.74, 6) is -0.338. The van der Waals surface area contributed by atoms with Crippen molar-refractivity contribution in [1.29, 1.82) is 0 Å². The van der Waals surface area contributed by atoms with Crippen molar-refractivity contribution in [1.82, 2.24) is 4.98 Å². The van der Waals surface area contributed by atoms with Gasteiger partial charge in [-0.2, -0.15) is 0 Å². The van der Waals surface area contributed by atoms with Gasteiger partial charge in [0.15, 0.2) is 0 Å². The van der Waals surface area contributed by atoms with Gasteiger partial charge in [0.25, 0.3) is 0 Å². The third kappa shape index (κ3) is 2.96. The van der Waals surface area contributed by atoms with Gasteiger partial charge in [0, 0.05) is 5.56 Å². The standard InChI is InChI=1S/C14H14ClNO2S/c1-3-11-16-12(9-7-5-6-8-10(9)15)13(19-11)14(17)18-4-2/h5-8H,3-4H2,1-2H3. The van der Waals surface area contributed by atoms with Crippen molar-refractivity contribution in [2.75, 3.05) is 6.61 Å². The van der Waals surface area contributed by atoms with Crippen LogP contribution in [-0.4, -0.2) is 17.6 Å². The molecule has 3 nitrogen and oxygen atoms in total. The first-order valence-corrected chi connectivity index (χ1v) is 7.28. The summed E-state index contributed by atoms with van der Waals surface area (Å²) in [4.78, 5) is 17.0. The van der Waals surface area contributed by atoms with Crippen molar-refractivity contribution in [3.63, 3.8) is 0 Å². The molecule has 0 saturated heterocycles. The van der Waals surface area contributed by atoms with Crippen molar-refractivity contribution < 1.29 is 9.53 Å². The molecule has 0 fully saturated rings. The zero-order chi connectivity index (χ0) is 13.8. The minimum Gasteiger partial charge on any atom is -0.462 e. The van der Waals surface area contributed by atoms with Crippen LogP contribution in [0.5, 0.6) is 0 Å². The maximum atomic E-state index is 12.0. The molecule has 0 unspecified atom stereocenters. The maximum absolute atomic E-state index is 12.0. The Kier molecular flexibility index (Phi) is 4.56. The fraction of sp³-hybridized carbons (Fsp3) is 0.286. The molecule has 2 aromatic rings. The van der Waals surface area contributed by atoms with Gasteiger partial charge in [-0.3, -0.25) is 0 Å². The summed E-state index contributed by atoms with van der Waals surface area (Å²) in [5, 5.41) is 1.49. The first kappa shape index (κ1) is 14.0. The number of benzene rings is 1. The maximum Gasteiger partial charge on any atom is 0.350 e. The molecule has 0 N–H and O–H groups in total. The summed E-state index contributed by atoms with van der Waals surface area (Å²) in [7, 11) is 0. The molecule has 0 radical (unpaired) electrons.